The highest BCUT2D eigenvalue weighted by atomic mass is 16.5. The van der Waals surface area contributed by atoms with Crippen molar-refractivity contribution < 1.29 is 19.1 Å². The Morgan fingerprint density at radius 3 is 2.33 bits per heavy atom. The molecular weight excluding hydrogens is 308 g/mol. The van der Waals surface area contributed by atoms with Crippen LogP contribution in [0, 0.1) is 6.92 Å². The molecule has 24 heavy (non-hydrogen) atoms. The highest BCUT2D eigenvalue weighted by molar-refractivity contribution is 5.95. The average molecular weight is 328 g/mol. The summed E-state index contributed by atoms with van der Waals surface area (Å²) in [5.41, 5.74) is 6.15. The van der Waals surface area contributed by atoms with Crippen molar-refractivity contribution in [1.82, 2.24) is 10.9 Å². The minimum absolute atomic E-state index is 0.406. The van der Waals surface area contributed by atoms with E-state index in [-0.39, 0.29) is 0 Å². The standard InChI is InChI=1S/C18H20N2O4/c1-12-5-4-6-16(11-12)24-13(2)17(21)19-20-18(22)14-7-9-15(23-3)10-8-14/h4-11,13H,1-3H3,(H,19,21)(H,20,22). The fraction of sp³-hybridized carbons (Fsp3) is 0.222. The van der Waals surface area contributed by atoms with Crippen molar-refractivity contribution in [1.29, 1.82) is 0 Å². The van der Waals surface area contributed by atoms with Crippen molar-refractivity contribution in [3.8, 4) is 11.5 Å². The zero-order valence-electron chi connectivity index (χ0n) is 13.8. The van der Waals surface area contributed by atoms with Gasteiger partial charge in [0.25, 0.3) is 11.8 Å². The van der Waals surface area contributed by atoms with Crippen LogP contribution in [0.2, 0.25) is 0 Å². The number of carbonyl (C=O) groups is 2. The molecule has 6 nitrogen and oxygen atoms in total. The second kappa shape index (κ2) is 8.01. The molecule has 2 aromatic rings. The largest absolute Gasteiger partial charge is 0.497 e. The maximum Gasteiger partial charge on any atom is 0.279 e. The Kier molecular flexibility index (Phi) is 5.78. The summed E-state index contributed by atoms with van der Waals surface area (Å²) >= 11 is 0. The third kappa shape index (κ3) is 4.74. The molecule has 0 fully saturated rings. The van der Waals surface area contributed by atoms with E-state index in [1.165, 1.54) is 0 Å². The first-order valence-electron chi connectivity index (χ1n) is 7.47. The summed E-state index contributed by atoms with van der Waals surface area (Å²) in [6.07, 6.45) is -0.747. The van der Waals surface area contributed by atoms with E-state index in [0.29, 0.717) is 17.1 Å². The molecule has 2 aromatic carbocycles. The monoisotopic (exact) mass is 328 g/mol. The summed E-state index contributed by atoms with van der Waals surface area (Å²) in [4.78, 5) is 24.0. The van der Waals surface area contributed by atoms with Gasteiger partial charge < -0.3 is 9.47 Å². The molecule has 2 amide bonds. The molecule has 0 aliphatic heterocycles. The molecule has 0 heterocycles. The van der Waals surface area contributed by atoms with Crippen molar-refractivity contribution in [3.63, 3.8) is 0 Å². The molecular formula is C18H20N2O4. The first-order chi connectivity index (χ1) is 11.5. The summed E-state index contributed by atoms with van der Waals surface area (Å²) in [6, 6.07) is 13.9. The molecule has 0 aliphatic rings. The number of nitrogens with one attached hydrogen (secondary N) is 2. The number of carbonyl (C=O) groups excluding carboxylic acids is 2. The molecule has 126 valence electrons. The van der Waals surface area contributed by atoms with Gasteiger partial charge in [0.15, 0.2) is 6.10 Å². The summed E-state index contributed by atoms with van der Waals surface area (Å²) in [7, 11) is 1.55. The topological polar surface area (TPSA) is 76.7 Å². The molecule has 1 atom stereocenters. The van der Waals surface area contributed by atoms with E-state index in [9.17, 15) is 9.59 Å². The Morgan fingerprint density at radius 1 is 1.00 bits per heavy atom. The predicted molar refractivity (Wildman–Crippen MR) is 89.9 cm³/mol. The van der Waals surface area contributed by atoms with Crippen LogP contribution in [0.4, 0.5) is 0 Å². The van der Waals surface area contributed by atoms with E-state index in [1.54, 1.807) is 44.4 Å². The van der Waals surface area contributed by atoms with E-state index in [1.807, 2.05) is 25.1 Å². The van der Waals surface area contributed by atoms with Crippen LogP contribution < -0.4 is 20.3 Å². The van der Waals surface area contributed by atoms with Crippen LogP contribution in [0.1, 0.15) is 22.8 Å². The number of hydrogen-bond acceptors (Lipinski definition) is 4. The van der Waals surface area contributed by atoms with Gasteiger partial charge in [-0.3, -0.25) is 20.4 Å². The van der Waals surface area contributed by atoms with Gasteiger partial charge in [-0.15, -0.1) is 0 Å². The summed E-state index contributed by atoms with van der Waals surface area (Å²) in [5.74, 6) is 0.377. The highest BCUT2D eigenvalue weighted by Gasteiger charge is 2.16. The molecule has 0 aromatic heterocycles. The Labute approximate surface area is 140 Å². The van der Waals surface area contributed by atoms with Crippen LogP contribution in [0.15, 0.2) is 48.5 Å². The Hall–Kier alpha value is -3.02. The number of hydrazine groups is 1. The van der Waals surface area contributed by atoms with Crippen LogP contribution in [-0.2, 0) is 4.79 Å². The maximum absolute atomic E-state index is 12.0. The van der Waals surface area contributed by atoms with Gasteiger partial charge in [-0.25, -0.2) is 0 Å². The van der Waals surface area contributed by atoms with Gasteiger partial charge in [0, 0.05) is 5.56 Å². The lowest BCUT2D eigenvalue weighted by Crippen LogP contribution is -2.47. The van der Waals surface area contributed by atoms with Gasteiger partial charge >= 0.3 is 0 Å². The van der Waals surface area contributed by atoms with E-state index in [4.69, 9.17) is 9.47 Å². The van der Waals surface area contributed by atoms with Crippen molar-refractivity contribution >= 4 is 11.8 Å². The van der Waals surface area contributed by atoms with Gasteiger partial charge in [-0.1, -0.05) is 12.1 Å². The van der Waals surface area contributed by atoms with E-state index < -0.39 is 17.9 Å². The summed E-state index contributed by atoms with van der Waals surface area (Å²) in [6.45, 7) is 3.55. The molecule has 1 unspecified atom stereocenters. The molecule has 0 saturated heterocycles. The number of hydrogen-bond donors (Lipinski definition) is 2. The third-order valence-electron chi connectivity index (χ3n) is 3.32. The zero-order chi connectivity index (χ0) is 17.5. The summed E-state index contributed by atoms with van der Waals surface area (Å²) in [5, 5.41) is 0. The molecule has 0 radical (unpaired) electrons. The number of methoxy groups -OCH3 is 1. The normalized spacial score (nSPS) is 11.3. The zero-order valence-corrected chi connectivity index (χ0v) is 13.8. The second-order valence-electron chi connectivity index (χ2n) is 5.25. The minimum Gasteiger partial charge on any atom is -0.497 e. The quantitative estimate of drug-likeness (QED) is 0.825. The Balaban J connectivity index is 1.86. The average Bonchev–Trinajstić information content (AvgIpc) is 2.59. The Morgan fingerprint density at radius 2 is 1.71 bits per heavy atom. The number of amides is 2. The second-order valence-corrected chi connectivity index (χ2v) is 5.25. The van der Waals surface area contributed by atoms with Crippen molar-refractivity contribution in [3.05, 3.63) is 59.7 Å². The number of benzene rings is 2. The van der Waals surface area contributed by atoms with Crippen LogP contribution in [0.25, 0.3) is 0 Å². The fourth-order valence-electron chi connectivity index (χ4n) is 1.98. The number of ether oxygens (including phenoxy) is 2. The SMILES string of the molecule is COc1ccc(C(=O)NNC(=O)C(C)Oc2cccc(C)c2)cc1. The molecule has 6 heteroatoms. The van der Waals surface area contributed by atoms with Crippen LogP contribution in [-0.4, -0.2) is 25.0 Å². The molecule has 0 saturated carbocycles. The van der Waals surface area contributed by atoms with E-state index >= 15 is 0 Å². The van der Waals surface area contributed by atoms with E-state index in [0.717, 1.165) is 5.56 Å². The van der Waals surface area contributed by atoms with Crippen molar-refractivity contribution in [2.75, 3.05) is 7.11 Å². The van der Waals surface area contributed by atoms with Gasteiger partial charge in [-0.2, -0.15) is 0 Å². The van der Waals surface area contributed by atoms with Crippen LogP contribution >= 0.6 is 0 Å². The predicted octanol–water partition coefficient (Wildman–Crippen LogP) is 2.23. The lowest BCUT2D eigenvalue weighted by molar-refractivity contribution is -0.128. The fourth-order valence-corrected chi connectivity index (χ4v) is 1.98. The lowest BCUT2D eigenvalue weighted by atomic mass is 10.2. The number of aryl methyl sites for hydroxylation is 1. The first kappa shape index (κ1) is 17.3. The molecule has 2 rings (SSSR count). The van der Waals surface area contributed by atoms with Crippen molar-refractivity contribution in [2.45, 2.75) is 20.0 Å². The maximum atomic E-state index is 12.0. The van der Waals surface area contributed by atoms with Gasteiger partial charge in [0.05, 0.1) is 7.11 Å². The molecule has 0 spiro atoms. The van der Waals surface area contributed by atoms with Crippen LogP contribution in [0.5, 0.6) is 11.5 Å². The highest BCUT2D eigenvalue weighted by Crippen LogP contribution is 2.14. The number of rotatable bonds is 5. The first-order valence-corrected chi connectivity index (χ1v) is 7.47. The van der Waals surface area contributed by atoms with Crippen LogP contribution in [0.3, 0.4) is 0 Å². The molecule has 2 N–H and O–H groups in total. The minimum atomic E-state index is -0.747. The van der Waals surface area contributed by atoms with Gasteiger partial charge in [-0.05, 0) is 55.8 Å². The van der Waals surface area contributed by atoms with Gasteiger partial charge in [0.2, 0.25) is 0 Å². The van der Waals surface area contributed by atoms with E-state index in [2.05, 4.69) is 10.9 Å². The third-order valence-corrected chi connectivity index (χ3v) is 3.32. The smallest absolute Gasteiger partial charge is 0.279 e. The summed E-state index contributed by atoms with van der Waals surface area (Å²) < 4.78 is 10.6. The van der Waals surface area contributed by atoms with Crippen molar-refractivity contribution in [2.24, 2.45) is 0 Å². The Bertz CT molecular complexity index is 713. The lowest BCUT2D eigenvalue weighted by Gasteiger charge is -2.15. The van der Waals surface area contributed by atoms with Gasteiger partial charge in [0.1, 0.15) is 11.5 Å². The molecule has 0 aliphatic carbocycles. The molecule has 0 bridgehead atoms.